The number of carbonyl (C=O) groups is 4. The van der Waals surface area contributed by atoms with Crippen LogP contribution in [0.1, 0.15) is 105 Å². The standard InChI is InChI=1S/C40H65F2N3O11/c1-7-11-20-51-26-31-33(52-21-12-8-2)34(53-22-13-9-3)32(46)35(56-31)40(41,42)24-30(45-39(50)55-25-29-18-16-15-17-19-29)37(48)43-27(5)36(47)44-28(6)38(49)54-23-14-10-4/h15-19,27-28,30-35,46H,7-14,20-26H2,1-6H3,(H,43,48)(H,44,47)(H,45,50)/t27-,28-,30?,31+,32+,33-,34+,35-/m0/s1. The Labute approximate surface area is 330 Å². The molecule has 0 bridgehead atoms. The van der Waals surface area contributed by atoms with Crippen LogP contribution in [0.2, 0.25) is 0 Å². The van der Waals surface area contributed by atoms with Gasteiger partial charge in [0.2, 0.25) is 11.8 Å². The number of unbranched alkanes of at least 4 members (excludes halogenated alkanes) is 4. The van der Waals surface area contributed by atoms with Crippen LogP contribution in [-0.2, 0) is 49.4 Å². The topological polar surface area (TPSA) is 180 Å². The predicted molar refractivity (Wildman–Crippen MR) is 204 cm³/mol. The van der Waals surface area contributed by atoms with E-state index >= 15 is 8.78 Å². The third kappa shape index (κ3) is 17.0. The molecule has 1 aliphatic heterocycles. The zero-order valence-electron chi connectivity index (χ0n) is 33.9. The summed E-state index contributed by atoms with van der Waals surface area (Å²) >= 11 is 0. The molecule has 1 fully saturated rings. The smallest absolute Gasteiger partial charge is 0.408 e. The number of amides is 3. The van der Waals surface area contributed by atoms with Crippen molar-refractivity contribution in [2.24, 2.45) is 0 Å². The maximum absolute atomic E-state index is 16.6. The van der Waals surface area contributed by atoms with Crippen molar-refractivity contribution in [3.05, 3.63) is 35.9 Å². The van der Waals surface area contributed by atoms with Crippen LogP contribution >= 0.6 is 0 Å². The van der Waals surface area contributed by atoms with Gasteiger partial charge in [-0.15, -0.1) is 0 Å². The predicted octanol–water partition coefficient (Wildman–Crippen LogP) is 4.98. The van der Waals surface area contributed by atoms with Crippen molar-refractivity contribution < 1.29 is 61.5 Å². The maximum atomic E-state index is 16.6. The van der Waals surface area contributed by atoms with Crippen molar-refractivity contribution in [1.29, 1.82) is 0 Å². The number of ether oxygens (including phenoxy) is 6. The Kier molecular flexibility index (Phi) is 23.0. The van der Waals surface area contributed by atoms with E-state index < -0.39 is 84.9 Å². The Hall–Kier alpha value is -3.44. The van der Waals surface area contributed by atoms with Crippen LogP contribution in [0.3, 0.4) is 0 Å². The van der Waals surface area contributed by atoms with Crippen LogP contribution in [0.15, 0.2) is 30.3 Å². The fourth-order valence-corrected chi connectivity index (χ4v) is 5.70. The molecule has 0 spiro atoms. The fraction of sp³-hybridized carbons (Fsp3) is 0.750. The minimum atomic E-state index is -3.97. The highest BCUT2D eigenvalue weighted by atomic mass is 19.3. The van der Waals surface area contributed by atoms with Gasteiger partial charge in [0, 0.05) is 26.2 Å². The first-order valence-corrected chi connectivity index (χ1v) is 20.1. The van der Waals surface area contributed by atoms with Gasteiger partial charge in [-0.25, -0.2) is 18.4 Å². The average Bonchev–Trinajstić information content (AvgIpc) is 3.17. The lowest BCUT2D eigenvalue weighted by Crippen LogP contribution is -2.66. The van der Waals surface area contributed by atoms with Crippen molar-refractivity contribution in [2.45, 2.75) is 161 Å². The summed E-state index contributed by atoms with van der Waals surface area (Å²) in [6.07, 6.45) is -4.01. The number of nitrogens with one attached hydrogen (secondary N) is 3. The lowest BCUT2D eigenvalue weighted by atomic mass is 9.89. The molecule has 0 aromatic heterocycles. The summed E-state index contributed by atoms with van der Waals surface area (Å²) in [4.78, 5) is 51.9. The van der Waals surface area contributed by atoms with Crippen LogP contribution in [0.4, 0.5) is 13.6 Å². The second-order valence-corrected chi connectivity index (χ2v) is 14.1. The zero-order valence-corrected chi connectivity index (χ0v) is 33.9. The summed E-state index contributed by atoms with van der Waals surface area (Å²) < 4.78 is 67.5. The molecule has 1 aromatic rings. The molecular weight excluding hydrogens is 736 g/mol. The largest absolute Gasteiger partial charge is 0.464 e. The van der Waals surface area contributed by atoms with Gasteiger partial charge in [0.25, 0.3) is 5.92 Å². The Bertz CT molecular complexity index is 1300. The van der Waals surface area contributed by atoms with Crippen LogP contribution < -0.4 is 16.0 Å². The average molecular weight is 802 g/mol. The van der Waals surface area contributed by atoms with Crippen molar-refractivity contribution in [3.8, 4) is 0 Å². The van der Waals surface area contributed by atoms with Crippen LogP contribution in [0.5, 0.6) is 0 Å². The van der Waals surface area contributed by atoms with E-state index in [1.54, 1.807) is 30.3 Å². The van der Waals surface area contributed by atoms with Crippen molar-refractivity contribution >= 4 is 23.9 Å². The normalized spacial score (nSPS) is 21.3. The number of aliphatic hydroxyl groups excluding tert-OH is 1. The molecule has 4 N–H and O–H groups in total. The summed E-state index contributed by atoms with van der Waals surface area (Å²) in [5, 5.41) is 18.5. The number of rotatable bonds is 27. The fourth-order valence-electron chi connectivity index (χ4n) is 5.70. The molecule has 0 aliphatic carbocycles. The molecule has 1 saturated heterocycles. The van der Waals surface area contributed by atoms with Crippen LogP contribution in [0, 0.1) is 0 Å². The third-order valence-corrected chi connectivity index (χ3v) is 9.12. The number of alkyl carbamates (subject to hydrolysis) is 1. The first-order chi connectivity index (χ1) is 26.8. The van der Waals surface area contributed by atoms with E-state index in [9.17, 15) is 24.3 Å². The molecule has 1 aromatic carbocycles. The number of alkyl halides is 2. The Morgan fingerprint density at radius 2 is 1.34 bits per heavy atom. The molecule has 3 amide bonds. The van der Waals surface area contributed by atoms with Gasteiger partial charge in [-0.3, -0.25) is 9.59 Å². The third-order valence-electron chi connectivity index (χ3n) is 9.12. The van der Waals surface area contributed by atoms with Crippen molar-refractivity contribution in [1.82, 2.24) is 16.0 Å². The maximum Gasteiger partial charge on any atom is 0.408 e. The van der Waals surface area contributed by atoms with E-state index in [-0.39, 0.29) is 33.0 Å². The minimum absolute atomic E-state index is 0.116. The van der Waals surface area contributed by atoms with Crippen LogP contribution in [0.25, 0.3) is 0 Å². The number of hydrogen-bond acceptors (Lipinski definition) is 11. The molecule has 56 heavy (non-hydrogen) atoms. The van der Waals surface area contributed by atoms with Gasteiger partial charge < -0.3 is 49.5 Å². The number of benzene rings is 1. The van der Waals surface area contributed by atoms with Crippen molar-refractivity contribution in [3.63, 3.8) is 0 Å². The van der Waals surface area contributed by atoms with E-state index in [0.717, 1.165) is 32.1 Å². The zero-order chi connectivity index (χ0) is 41.5. The van der Waals surface area contributed by atoms with E-state index in [2.05, 4.69) is 16.0 Å². The van der Waals surface area contributed by atoms with Gasteiger partial charge in [0.15, 0.2) is 0 Å². The van der Waals surface area contributed by atoms with Gasteiger partial charge in [-0.1, -0.05) is 83.7 Å². The highest BCUT2D eigenvalue weighted by Crippen LogP contribution is 2.37. The summed E-state index contributed by atoms with van der Waals surface area (Å²) in [6.45, 7) is 11.2. The highest BCUT2D eigenvalue weighted by molar-refractivity contribution is 5.92. The second kappa shape index (κ2) is 26.5. The second-order valence-electron chi connectivity index (χ2n) is 14.1. The molecule has 320 valence electrons. The Balaban J connectivity index is 2.36. The Morgan fingerprint density at radius 1 is 0.768 bits per heavy atom. The Morgan fingerprint density at radius 3 is 1.96 bits per heavy atom. The molecule has 1 unspecified atom stereocenters. The van der Waals surface area contributed by atoms with E-state index in [1.165, 1.54) is 13.8 Å². The lowest BCUT2D eigenvalue weighted by Gasteiger charge is -2.46. The van der Waals surface area contributed by atoms with Gasteiger partial charge in [0.05, 0.1) is 13.2 Å². The van der Waals surface area contributed by atoms with Crippen LogP contribution in [-0.4, -0.2) is 117 Å². The molecular formula is C40H65F2N3O11. The molecule has 14 nitrogen and oxygen atoms in total. The monoisotopic (exact) mass is 801 g/mol. The molecule has 1 heterocycles. The molecule has 0 radical (unpaired) electrons. The van der Waals surface area contributed by atoms with E-state index in [1.807, 2.05) is 27.7 Å². The number of halogens is 2. The molecule has 1 aliphatic rings. The number of aliphatic hydroxyl groups is 1. The molecule has 2 rings (SSSR count). The van der Waals surface area contributed by atoms with Gasteiger partial charge in [-0.05, 0) is 45.1 Å². The lowest BCUT2D eigenvalue weighted by molar-refractivity contribution is -0.298. The highest BCUT2D eigenvalue weighted by Gasteiger charge is 2.57. The molecule has 16 heteroatoms. The minimum Gasteiger partial charge on any atom is -0.464 e. The van der Waals surface area contributed by atoms with E-state index in [0.29, 0.717) is 31.4 Å². The quantitative estimate of drug-likeness (QED) is 0.0697. The van der Waals surface area contributed by atoms with Gasteiger partial charge >= 0.3 is 12.1 Å². The first-order valence-electron chi connectivity index (χ1n) is 20.1. The summed E-state index contributed by atoms with van der Waals surface area (Å²) in [5.74, 6) is -6.60. The SMILES string of the molecule is CCCCOC[C@H]1O[C@H](C(F)(F)CC(NC(=O)OCc2ccccc2)C(=O)N[C@@H](C)C(=O)N[C@@H](C)C(=O)OCCCC)[C@H](O)[C@@H](OCCCC)[C@H]1OCCCC. The van der Waals surface area contributed by atoms with Gasteiger partial charge in [-0.2, -0.15) is 0 Å². The first kappa shape index (κ1) is 48.7. The summed E-state index contributed by atoms with van der Waals surface area (Å²) in [6, 6.07) is 4.23. The summed E-state index contributed by atoms with van der Waals surface area (Å²) in [5.41, 5.74) is 0.609. The number of esters is 1. The van der Waals surface area contributed by atoms with Gasteiger partial charge in [0.1, 0.15) is 55.3 Å². The molecule has 0 saturated carbocycles. The number of hydrogen-bond donors (Lipinski definition) is 4. The number of carbonyl (C=O) groups excluding carboxylic acids is 4. The van der Waals surface area contributed by atoms with Crippen molar-refractivity contribution in [2.75, 3.05) is 33.0 Å². The molecule has 8 atom stereocenters. The summed E-state index contributed by atoms with van der Waals surface area (Å²) in [7, 11) is 0. The van der Waals surface area contributed by atoms with E-state index in [4.69, 9.17) is 28.4 Å².